The first kappa shape index (κ1) is 45.0. The highest BCUT2D eigenvalue weighted by atomic mass is 31.2. The number of nitrogens with one attached hydrogen (secondary N) is 1. The van der Waals surface area contributed by atoms with E-state index in [1.807, 2.05) is 27.2 Å². The van der Waals surface area contributed by atoms with Gasteiger partial charge in [-0.05, 0) is 19.3 Å². The van der Waals surface area contributed by atoms with Crippen molar-refractivity contribution in [2.45, 2.75) is 167 Å². The smallest absolute Gasteiger partial charge is 0.387 e. The Bertz CT molecular complexity index is 814. The molecule has 0 aromatic rings. The summed E-state index contributed by atoms with van der Waals surface area (Å²) in [5.41, 5.74) is 0. The van der Waals surface area contributed by atoms with Gasteiger partial charge in [-0.15, -0.1) is 0 Å². The summed E-state index contributed by atoms with van der Waals surface area (Å²) in [6, 6.07) is -0.871. The van der Waals surface area contributed by atoms with Crippen LogP contribution in [-0.4, -0.2) is 73.4 Å². The van der Waals surface area contributed by atoms with Crippen molar-refractivity contribution in [3.05, 3.63) is 24.3 Å². The summed E-state index contributed by atoms with van der Waals surface area (Å²) in [5, 5.41) is 13.6. The summed E-state index contributed by atoms with van der Waals surface area (Å²) in [6.45, 7) is 4.73. The number of carbonyl (C=O) groups is 1. The Morgan fingerprint density at radius 1 is 0.739 bits per heavy atom. The zero-order chi connectivity index (χ0) is 34.4. The molecule has 0 radical (unpaired) electrons. The maximum atomic E-state index is 12.7. The monoisotopic (exact) mass is 674 g/mol. The second kappa shape index (κ2) is 30.1. The molecular formula is C37H74N2O6P+. The van der Waals surface area contributed by atoms with Crippen molar-refractivity contribution in [3.63, 3.8) is 0 Å². The van der Waals surface area contributed by atoms with Crippen LogP contribution in [0.25, 0.3) is 0 Å². The van der Waals surface area contributed by atoms with E-state index in [-0.39, 0.29) is 19.1 Å². The SMILES string of the molecule is CCCCCCCC/C=C/C=C/[C@@H](O)[C@H](COP(=O)(O)OCC[N+](C)(C)C)NC(=O)CCCCCCCCCCCCCCCC. The zero-order valence-corrected chi connectivity index (χ0v) is 31.5. The molecule has 0 aliphatic rings. The molecular weight excluding hydrogens is 599 g/mol. The standard InChI is InChI=1S/C37H73N2O6P/c1-6-8-10-12-14-16-18-19-20-21-23-25-27-29-31-37(41)38-35(34-45-46(42,43)44-33-32-39(3,4)5)36(40)30-28-26-24-22-17-15-13-11-9-7-2/h24,26,28,30,35-36,40H,6-23,25,27,29,31-34H2,1-5H3,(H-,38,41,42,43)/p+1/b26-24+,30-28+/t35-,36+/m0/s1. The van der Waals surface area contributed by atoms with Crippen LogP contribution in [0.3, 0.4) is 0 Å². The van der Waals surface area contributed by atoms with Crippen LogP contribution in [0.1, 0.15) is 155 Å². The third-order valence-electron chi connectivity index (χ3n) is 8.23. The average Bonchev–Trinajstić information content (AvgIpc) is 2.99. The number of phosphoric ester groups is 1. The van der Waals surface area contributed by atoms with Gasteiger partial charge >= 0.3 is 7.82 Å². The summed E-state index contributed by atoms with van der Waals surface area (Å²) in [5.74, 6) is -0.197. The lowest BCUT2D eigenvalue weighted by Gasteiger charge is -2.25. The van der Waals surface area contributed by atoms with Gasteiger partial charge in [-0.3, -0.25) is 13.8 Å². The number of nitrogens with zero attached hydrogens (tertiary/aromatic N) is 1. The number of aliphatic hydroxyl groups excluding tert-OH is 1. The van der Waals surface area contributed by atoms with E-state index < -0.39 is 20.0 Å². The second-order valence-corrected chi connectivity index (χ2v) is 15.4. The molecule has 0 spiro atoms. The molecule has 0 heterocycles. The number of unbranched alkanes of at least 4 members (excludes halogenated alkanes) is 19. The number of phosphoric acid groups is 1. The molecule has 0 aromatic heterocycles. The number of rotatable bonds is 33. The fourth-order valence-corrected chi connectivity index (χ4v) is 5.89. The van der Waals surface area contributed by atoms with Gasteiger partial charge in [-0.1, -0.05) is 154 Å². The number of carbonyl (C=O) groups excluding carboxylic acids is 1. The molecule has 0 aliphatic carbocycles. The van der Waals surface area contributed by atoms with Crippen LogP contribution < -0.4 is 5.32 Å². The Morgan fingerprint density at radius 2 is 1.22 bits per heavy atom. The van der Waals surface area contributed by atoms with Crippen molar-refractivity contribution in [2.24, 2.45) is 0 Å². The molecule has 1 amide bonds. The van der Waals surface area contributed by atoms with Gasteiger partial charge < -0.3 is 19.8 Å². The predicted molar refractivity (Wildman–Crippen MR) is 194 cm³/mol. The van der Waals surface area contributed by atoms with Gasteiger partial charge in [0, 0.05) is 6.42 Å². The van der Waals surface area contributed by atoms with Gasteiger partial charge in [0.25, 0.3) is 0 Å². The molecule has 0 fully saturated rings. The molecule has 0 saturated carbocycles. The molecule has 3 atom stereocenters. The minimum Gasteiger partial charge on any atom is -0.387 e. The van der Waals surface area contributed by atoms with Crippen molar-refractivity contribution in [2.75, 3.05) is 40.9 Å². The third-order valence-corrected chi connectivity index (χ3v) is 9.21. The Hall–Kier alpha value is -1.02. The van der Waals surface area contributed by atoms with Gasteiger partial charge in [-0.2, -0.15) is 0 Å². The maximum Gasteiger partial charge on any atom is 0.472 e. The number of hydrogen-bond acceptors (Lipinski definition) is 5. The molecule has 0 rings (SSSR count). The van der Waals surface area contributed by atoms with E-state index in [1.165, 1.54) is 103 Å². The van der Waals surface area contributed by atoms with Crippen molar-refractivity contribution >= 4 is 13.7 Å². The first-order chi connectivity index (χ1) is 22.0. The summed E-state index contributed by atoms with van der Waals surface area (Å²) in [7, 11) is 1.54. The van der Waals surface area contributed by atoms with Crippen LogP contribution in [0.2, 0.25) is 0 Å². The molecule has 0 saturated heterocycles. The van der Waals surface area contributed by atoms with E-state index in [4.69, 9.17) is 9.05 Å². The van der Waals surface area contributed by atoms with Crippen molar-refractivity contribution < 1.29 is 32.9 Å². The fourth-order valence-electron chi connectivity index (χ4n) is 5.16. The molecule has 46 heavy (non-hydrogen) atoms. The lowest BCUT2D eigenvalue weighted by Crippen LogP contribution is -2.45. The normalized spacial score (nSPS) is 15.0. The second-order valence-electron chi connectivity index (χ2n) is 14.0. The van der Waals surface area contributed by atoms with Gasteiger partial charge in [0.15, 0.2) is 0 Å². The minimum absolute atomic E-state index is 0.0548. The minimum atomic E-state index is -4.33. The average molecular weight is 674 g/mol. The topological polar surface area (TPSA) is 105 Å². The van der Waals surface area contributed by atoms with Crippen molar-refractivity contribution in [1.29, 1.82) is 0 Å². The number of allylic oxidation sites excluding steroid dienone is 3. The summed E-state index contributed by atoms with van der Waals surface area (Å²) in [4.78, 5) is 22.9. The van der Waals surface area contributed by atoms with E-state index in [2.05, 4.69) is 25.2 Å². The Labute approximate surface area is 284 Å². The zero-order valence-electron chi connectivity index (χ0n) is 30.6. The quantitative estimate of drug-likeness (QED) is 0.0278. The Morgan fingerprint density at radius 3 is 1.72 bits per heavy atom. The Kier molecular flexibility index (Phi) is 29.4. The molecule has 3 N–H and O–H groups in total. The largest absolute Gasteiger partial charge is 0.472 e. The number of quaternary nitrogens is 1. The molecule has 272 valence electrons. The van der Waals surface area contributed by atoms with E-state index in [0.29, 0.717) is 17.4 Å². The maximum absolute atomic E-state index is 12.7. The first-order valence-electron chi connectivity index (χ1n) is 18.7. The van der Waals surface area contributed by atoms with Crippen LogP contribution in [0.15, 0.2) is 24.3 Å². The summed E-state index contributed by atoms with van der Waals surface area (Å²) < 4.78 is 23.4. The molecule has 0 aliphatic heterocycles. The van der Waals surface area contributed by atoms with Crippen LogP contribution >= 0.6 is 7.82 Å². The van der Waals surface area contributed by atoms with Crippen LogP contribution in [0.4, 0.5) is 0 Å². The van der Waals surface area contributed by atoms with E-state index in [0.717, 1.165) is 32.1 Å². The highest BCUT2D eigenvalue weighted by molar-refractivity contribution is 7.47. The predicted octanol–water partition coefficient (Wildman–Crippen LogP) is 9.41. The fraction of sp³-hybridized carbons (Fsp3) is 0.865. The lowest BCUT2D eigenvalue weighted by molar-refractivity contribution is -0.870. The molecule has 8 nitrogen and oxygen atoms in total. The Balaban J connectivity index is 4.56. The number of likely N-dealkylation sites (N-methyl/N-ethyl adjacent to an activating group) is 1. The summed E-state index contributed by atoms with van der Waals surface area (Å²) in [6.07, 6.45) is 32.5. The van der Waals surface area contributed by atoms with Gasteiger partial charge in [0.1, 0.15) is 13.2 Å². The van der Waals surface area contributed by atoms with E-state index >= 15 is 0 Å². The number of hydrogen-bond donors (Lipinski definition) is 3. The molecule has 0 bridgehead atoms. The van der Waals surface area contributed by atoms with Crippen molar-refractivity contribution in [1.82, 2.24) is 5.32 Å². The first-order valence-corrected chi connectivity index (χ1v) is 20.2. The molecule has 1 unspecified atom stereocenters. The lowest BCUT2D eigenvalue weighted by atomic mass is 10.0. The van der Waals surface area contributed by atoms with E-state index in [1.54, 1.807) is 12.2 Å². The number of amides is 1. The third kappa shape index (κ3) is 31.6. The summed E-state index contributed by atoms with van der Waals surface area (Å²) >= 11 is 0. The number of aliphatic hydroxyl groups is 1. The van der Waals surface area contributed by atoms with Crippen LogP contribution in [0.5, 0.6) is 0 Å². The highest BCUT2D eigenvalue weighted by Crippen LogP contribution is 2.43. The van der Waals surface area contributed by atoms with Crippen LogP contribution in [-0.2, 0) is 18.4 Å². The molecule has 0 aromatic carbocycles. The highest BCUT2D eigenvalue weighted by Gasteiger charge is 2.27. The van der Waals surface area contributed by atoms with Gasteiger partial charge in [0.2, 0.25) is 5.91 Å². The van der Waals surface area contributed by atoms with Crippen molar-refractivity contribution in [3.8, 4) is 0 Å². The van der Waals surface area contributed by atoms with E-state index in [9.17, 15) is 19.4 Å². The van der Waals surface area contributed by atoms with Gasteiger partial charge in [0.05, 0.1) is 39.9 Å². The van der Waals surface area contributed by atoms with Gasteiger partial charge in [-0.25, -0.2) is 4.57 Å². The van der Waals surface area contributed by atoms with Crippen LogP contribution in [0, 0.1) is 0 Å². The molecule has 9 heteroatoms.